The molecule has 1 fully saturated rings. The van der Waals surface area contributed by atoms with Crippen molar-refractivity contribution in [1.82, 2.24) is 30.4 Å². The second kappa shape index (κ2) is 8.75. The van der Waals surface area contributed by atoms with Gasteiger partial charge in [0.2, 0.25) is 0 Å². The quantitative estimate of drug-likeness (QED) is 0.682. The van der Waals surface area contributed by atoms with Gasteiger partial charge in [-0.2, -0.15) is 0 Å². The molecule has 1 aliphatic rings. The lowest BCUT2D eigenvalue weighted by molar-refractivity contribution is 0.0947. The maximum atomic E-state index is 12.5. The number of tetrazole rings is 1. The molecule has 3 aromatic rings. The van der Waals surface area contributed by atoms with Crippen LogP contribution in [0.25, 0.3) is 5.69 Å². The average Bonchev–Trinajstić information content (AvgIpc) is 3.44. The summed E-state index contributed by atoms with van der Waals surface area (Å²) in [7, 11) is 0. The van der Waals surface area contributed by atoms with Crippen molar-refractivity contribution in [3.8, 4) is 5.69 Å². The predicted molar refractivity (Wildman–Crippen MR) is 106 cm³/mol. The molecule has 0 radical (unpaired) electrons. The summed E-state index contributed by atoms with van der Waals surface area (Å²) in [6.07, 6.45) is 3.71. The van der Waals surface area contributed by atoms with Crippen LogP contribution in [-0.2, 0) is 6.42 Å². The third-order valence-electron chi connectivity index (χ3n) is 5.20. The van der Waals surface area contributed by atoms with Crippen molar-refractivity contribution in [1.29, 1.82) is 0 Å². The standard InChI is InChI=1S/C21H24N6O/c28-21(19-7-4-8-20(13-19)27-16-23-24-25-27)22-14-18-10-12-26(15-18)11-9-17-5-2-1-3-6-17/h1-8,13,16,18H,9-12,14-15H2,(H,22,28). The number of nitrogens with one attached hydrogen (secondary N) is 1. The van der Waals surface area contributed by atoms with E-state index in [0.717, 1.165) is 38.2 Å². The molecule has 0 aliphatic carbocycles. The van der Waals surface area contributed by atoms with E-state index in [9.17, 15) is 4.79 Å². The highest BCUT2D eigenvalue weighted by atomic mass is 16.1. The molecule has 1 N–H and O–H groups in total. The van der Waals surface area contributed by atoms with Gasteiger partial charge >= 0.3 is 0 Å². The molecule has 28 heavy (non-hydrogen) atoms. The Hall–Kier alpha value is -3.06. The van der Waals surface area contributed by atoms with E-state index in [-0.39, 0.29) is 5.91 Å². The zero-order valence-electron chi connectivity index (χ0n) is 15.7. The number of carbonyl (C=O) groups excluding carboxylic acids is 1. The summed E-state index contributed by atoms with van der Waals surface area (Å²) in [6, 6.07) is 17.9. The van der Waals surface area contributed by atoms with Crippen molar-refractivity contribution in [2.75, 3.05) is 26.2 Å². The van der Waals surface area contributed by atoms with Crippen molar-refractivity contribution < 1.29 is 4.79 Å². The molecule has 1 saturated heterocycles. The third kappa shape index (κ3) is 4.61. The molecule has 0 spiro atoms. The van der Waals surface area contributed by atoms with E-state index >= 15 is 0 Å². The van der Waals surface area contributed by atoms with Gasteiger partial charge in [0, 0.05) is 25.2 Å². The van der Waals surface area contributed by atoms with E-state index < -0.39 is 0 Å². The lowest BCUT2D eigenvalue weighted by atomic mass is 10.1. The van der Waals surface area contributed by atoms with E-state index in [1.807, 2.05) is 18.2 Å². The van der Waals surface area contributed by atoms with Gasteiger partial charge in [-0.25, -0.2) is 4.68 Å². The molecule has 1 atom stereocenters. The fourth-order valence-electron chi connectivity index (χ4n) is 3.62. The largest absolute Gasteiger partial charge is 0.352 e. The number of carbonyl (C=O) groups is 1. The van der Waals surface area contributed by atoms with Gasteiger partial charge in [-0.1, -0.05) is 36.4 Å². The van der Waals surface area contributed by atoms with Crippen LogP contribution in [0, 0.1) is 5.92 Å². The van der Waals surface area contributed by atoms with Crippen molar-refractivity contribution in [2.45, 2.75) is 12.8 Å². The number of hydrogen-bond acceptors (Lipinski definition) is 5. The van der Waals surface area contributed by atoms with Gasteiger partial charge in [-0.05, 0) is 59.5 Å². The fraction of sp³-hybridized carbons (Fsp3) is 0.333. The van der Waals surface area contributed by atoms with E-state index in [4.69, 9.17) is 0 Å². The first kappa shape index (κ1) is 18.3. The highest BCUT2D eigenvalue weighted by Crippen LogP contribution is 2.16. The van der Waals surface area contributed by atoms with Gasteiger partial charge in [-0.15, -0.1) is 5.10 Å². The zero-order valence-corrected chi connectivity index (χ0v) is 15.7. The average molecular weight is 376 g/mol. The van der Waals surface area contributed by atoms with Crippen molar-refractivity contribution in [3.05, 3.63) is 72.1 Å². The van der Waals surface area contributed by atoms with E-state index in [0.29, 0.717) is 18.0 Å². The molecule has 4 rings (SSSR count). The topological polar surface area (TPSA) is 75.9 Å². The van der Waals surface area contributed by atoms with Crippen LogP contribution < -0.4 is 5.32 Å². The Kier molecular flexibility index (Phi) is 5.72. The molecule has 7 nitrogen and oxygen atoms in total. The van der Waals surface area contributed by atoms with Crippen LogP contribution in [0.2, 0.25) is 0 Å². The minimum Gasteiger partial charge on any atom is -0.352 e. The molecule has 7 heteroatoms. The number of hydrogen-bond donors (Lipinski definition) is 1. The molecule has 1 amide bonds. The highest BCUT2D eigenvalue weighted by Gasteiger charge is 2.22. The number of amides is 1. The number of aromatic nitrogens is 4. The number of likely N-dealkylation sites (tertiary alicyclic amines) is 1. The zero-order chi connectivity index (χ0) is 19.2. The van der Waals surface area contributed by atoms with Crippen LogP contribution in [0.15, 0.2) is 60.9 Å². The summed E-state index contributed by atoms with van der Waals surface area (Å²) in [5.74, 6) is 0.445. The smallest absolute Gasteiger partial charge is 0.251 e. The summed E-state index contributed by atoms with van der Waals surface area (Å²) in [6.45, 7) is 3.91. The Morgan fingerprint density at radius 3 is 2.86 bits per heavy atom. The Labute approximate surface area is 164 Å². The van der Waals surface area contributed by atoms with E-state index in [1.165, 1.54) is 11.9 Å². The van der Waals surface area contributed by atoms with Crippen LogP contribution >= 0.6 is 0 Å². The SMILES string of the molecule is O=C(NCC1CCN(CCc2ccccc2)C1)c1cccc(-n2cnnn2)c1. The molecule has 1 aromatic heterocycles. The molecular weight excluding hydrogens is 352 g/mol. The van der Waals surface area contributed by atoms with Crippen LogP contribution in [0.4, 0.5) is 0 Å². The number of rotatable bonds is 7. The first-order valence-corrected chi connectivity index (χ1v) is 9.66. The van der Waals surface area contributed by atoms with Gasteiger partial charge in [0.15, 0.2) is 0 Å². The monoisotopic (exact) mass is 376 g/mol. The second-order valence-electron chi connectivity index (χ2n) is 7.21. The van der Waals surface area contributed by atoms with Crippen LogP contribution in [-0.4, -0.2) is 57.2 Å². The fourth-order valence-corrected chi connectivity index (χ4v) is 3.62. The van der Waals surface area contributed by atoms with Crippen molar-refractivity contribution in [3.63, 3.8) is 0 Å². The summed E-state index contributed by atoms with van der Waals surface area (Å²) in [5, 5.41) is 14.2. The lowest BCUT2D eigenvalue weighted by Gasteiger charge is -2.16. The molecule has 144 valence electrons. The molecule has 2 aromatic carbocycles. The molecule has 2 heterocycles. The predicted octanol–water partition coefficient (Wildman–Crippen LogP) is 1.96. The van der Waals surface area contributed by atoms with E-state index in [1.54, 1.807) is 10.7 Å². The van der Waals surface area contributed by atoms with Crippen molar-refractivity contribution >= 4 is 5.91 Å². The Morgan fingerprint density at radius 2 is 2.04 bits per heavy atom. The summed E-state index contributed by atoms with van der Waals surface area (Å²) < 4.78 is 1.54. The molecule has 1 aliphatic heterocycles. The highest BCUT2D eigenvalue weighted by molar-refractivity contribution is 5.94. The van der Waals surface area contributed by atoms with Gasteiger partial charge in [0.05, 0.1) is 5.69 Å². The minimum absolute atomic E-state index is 0.0577. The Balaban J connectivity index is 1.25. The van der Waals surface area contributed by atoms with Gasteiger partial charge in [0.25, 0.3) is 5.91 Å². The molecule has 1 unspecified atom stereocenters. The first-order chi connectivity index (χ1) is 13.8. The Bertz CT molecular complexity index is 896. The van der Waals surface area contributed by atoms with Crippen LogP contribution in [0.3, 0.4) is 0 Å². The van der Waals surface area contributed by atoms with Crippen LogP contribution in [0.1, 0.15) is 22.3 Å². The molecule has 0 bridgehead atoms. The third-order valence-corrected chi connectivity index (χ3v) is 5.20. The first-order valence-electron chi connectivity index (χ1n) is 9.66. The molecule has 0 saturated carbocycles. The summed E-state index contributed by atoms with van der Waals surface area (Å²) in [5.41, 5.74) is 2.76. The van der Waals surface area contributed by atoms with Gasteiger partial charge < -0.3 is 10.2 Å². The maximum Gasteiger partial charge on any atom is 0.251 e. The van der Waals surface area contributed by atoms with E-state index in [2.05, 4.69) is 56.1 Å². The van der Waals surface area contributed by atoms with Crippen LogP contribution in [0.5, 0.6) is 0 Å². The normalized spacial score (nSPS) is 16.9. The summed E-state index contributed by atoms with van der Waals surface area (Å²) >= 11 is 0. The Morgan fingerprint density at radius 1 is 1.14 bits per heavy atom. The summed E-state index contributed by atoms with van der Waals surface area (Å²) in [4.78, 5) is 15.0. The number of nitrogens with zero attached hydrogens (tertiary/aromatic N) is 5. The minimum atomic E-state index is -0.0577. The molecular formula is C21H24N6O. The van der Waals surface area contributed by atoms with Crippen molar-refractivity contribution in [2.24, 2.45) is 5.92 Å². The van der Waals surface area contributed by atoms with Gasteiger partial charge in [0.1, 0.15) is 6.33 Å². The second-order valence-corrected chi connectivity index (χ2v) is 7.21. The number of benzene rings is 2. The maximum absolute atomic E-state index is 12.5. The van der Waals surface area contributed by atoms with Gasteiger partial charge in [-0.3, -0.25) is 4.79 Å². The lowest BCUT2D eigenvalue weighted by Crippen LogP contribution is -2.31.